The van der Waals surface area contributed by atoms with Crippen LogP contribution in [0.25, 0.3) is 10.9 Å². The van der Waals surface area contributed by atoms with E-state index in [1.165, 1.54) is 0 Å². The molecule has 0 spiro atoms. The van der Waals surface area contributed by atoms with Crippen LogP contribution in [0.5, 0.6) is 0 Å². The summed E-state index contributed by atoms with van der Waals surface area (Å²) in [6, 6.07) is 3.72. The minimum Gasteiger partial charge on any atom is -0.355 e. The quantitative estimate of drug-likeness (QED) is 0.695. The number of rotatable bonds is 3. The van der Waals surface area contributed by atoms with E-state index in [1.54, 1.807) is 29.5 Å². The van der Waals surface area contributed by atoms with Gasteiger partial charge in [-0.1, -0.05) is 0 Å². The van der Waals surface area contributed by atoms with E-state index in [0.717, 1.165) is 59.0 Å². The van der Waals surface area contributed by atoms with Crippen molar-refractivity contribution in [3.63, 3.8) is 0 Å². The van der Waals surface area contributed by atoms with E-state index in [-0.39, 0.29) is 5.56 Å². The number of pyridine rings is 1. The van der Waals surface area contributed by atoms with Crippen molar-refractivity contribution in [3.05, 3.63) is 52.5 Å². The van der Waals surface area contributed by atoms with Gasteiger partial charge in [0, 0.05) is 48.8 Å². The maximum absolute atomic E-state index is 12.3. The van der Waals surface area contributed by atoms with E-state index < -0.39 is 0 Å². The lowest BCUT2D eigenvalue weighted by Crippen LogP contribution is -2.50. The molecule has 132 valence electrons. The Morgan fingerprint density at radius 1 is 1.27 bits per heavy atom. The number of anilines is 1. The van der Waals surface area contributed by atoms with Crippen LogP contribution in [0.2, 0.25) is 0 Å². The number of hydrogen-bond acceptors (Lipinski definition) is 7. The molecule has 2 aliphatic heterocycles. The molecule has 0 unspecified atom stereocenters. The van der Waals surface area contributed by atoms with E-state index in [9.17, 15) is 4.79 Å². The summed E-state index contributed by atoms with van der Waals surface area (Å²) in [5.74, 6) is 3.34. The third kappa shape index (κ3) is 2.74. The van der Waals surface area contributed by atoms with Gasteiger partial charge in [-0.3, -0.25) is 9.78 Å². The number of hydrogen-bond donors (Lipinski definition) is 0. The number of thioether (sulfide) groups is 1. The van der Waals surface area contributed by atoms with E-state index in [4.69, 9.17) is 0 Å². The SMILES string of the molecule is O=c1cc2c(nn1CC1CN(c3ncnc4cnccc34)C1)CCSC2. The normalized spacial score (nSPS) is 17.2. The van der Waals surface area contributed by atoms with E-state index in [2.05, 4.69) is 25.0 Å². The molecule has 3 aromatic heterocycles. The molecule has 3 aromatic rings. The minimum atomic E-state index is 0.0169. The van der Waals surface area contributed by atoms with E-state index in [1.807, 2.05) is 17.8 Å². The van der Waals surface area contributed by atoms with Crippen molar-refractivity contribution in [2.24, 2.45) is 5.92 Å². The van der Waals surface area contributed by atoms with Crippen molar-refractivity contribution in [2.75, 3.05) is 23.7 Å². The first kappa shape index (κ1) is 15.7. The van der Waals surface area contributed by atoms with Crippen LogP contribution in [-0.2, 0) is 18.7 Å². The van der Waals surface area contributed by atoms with Gasteiger partial charge in [-0.25, -0.2) is 14.6 Å². The molecule has 0 saturated carbocycles. The van der Waals surface area contributed by atoms with Crippen LogP contribution in [0.4, 0.5) is 5.82 Å². The van der Waals surface area contributed by atoms with Crippen molar-refractivity contribution in [3.8, 4) is 0 Å². The minimum absolute atomic E-state index is 0.0169. The summed E-state index contributed by atoms with van der Waals surface area (Å²) >= 11 is 1.87. The topological polar surface area (TPSA) is 76.8 Å². The smallest absolute Gasteiger partial charge is 0.267 e. The first-order valence-corrected chi connectivity index (χ1v) is 9.91. The number of aromatic nitrogens is 5. The lowest BCUT2D eigenvalue weighted by Gasteiger charge is -2.40. The fraction of sp³-hybridized carbons (Fsp3) is 0.389. The van der Waals surface area contributed by atoms with Crippen molar-refractivity contribution < 1.29 is 0 Å². The van der Waals surface area contributed by atoms with Crippen LogP contribution in [-0.4, -0.2) is 43.6 Å². The molecule has 0 N–H and O–H groups in total. The van der Waals surface area contributed by atoms with Crippen molar-refractivity contribution in [1.82, 2.24) is 24.7 Å². The number of aryl methyl sites for hydroxylation is 1. The molecule has 0 radical (unpaired) electrons. The van der Waals surface area contributed by atoms with Crippen molar-refractivity contribution in [2.45, 2.75) is 18.7 Å². The molecule has 5 heterocycles. The Morgan fingerprint density at radius 2 is 2.19 bits per heavy atom. The Morgan fingerprint density at radius 3 is 3.12 bits per heavy atom. The standard InChI is InChI=1S/C18H18N6OS/c25-17-5-13-10-26-4-2-15(13)22-24(17)9-12-7-23(8-12)18-14-1-3-19-6-16(14)20-11-21-18/h1,3,5-6,11-12H,2,4,7-10H2. The van der Waals surface area contributed by atoms with Gasteiger partial charge in [0.1, 0.15) is 12.1 Å². The average Bonchev–Trinajstić information content (AvgIpc) is 2.64. The second kappa shape index (κ2) is 6.35. The van der Waals surface area contributed by atoms with Gasteiger partial charge in [0.2, 0.25) is 0 Å². The van der Waals surface area contributed by atoms with Gasteiger partial charge >= 0.3 is 0 Å². The summed E-state index contributed by atoms with van der Waals surface area (Å²) in [4.78, 5) is 27.4. The van der Waals surface area contributed by atoms with Gasteiger partial charge < -0.3 is 4.90 Å². The highest BCUT2D eigenvalue weighted by atomic mass is 32.2. The summed E-state index contributed by atoms with van der Waals surface area (Å²) in [7, 11) is 0. The second-order valence-corrected chi connectivity index (χ2v) is 7.91. The molecule has 26 heavy (non-hydrogen) atoms. The molecule has 2 aliphatic rings. The Balaban J connectivity index is 1.32. The third-order valence-electron chi connectivity index (χ3n) is 5.01. The Kier molecular flexibility index (Phi) is 3.85. The summed E-state index contributed by atoms with van der Waals surface area (Å²) in [6.45, 7) is 2.41. The van der Waals surface area contributed by atoms with Crippen LogP contribution in [0.1, 0.15) is 11.3 Å². The molecule has 8 heteroatoms. The summed E-state index contributed by atoms with van der Waals surface area (Å²) in [5, 5.41) is 5.64. The maximum Gasteiger partial charge on any atom is 0.267 e. The van der Waals surface area contributed by atoms with Crippen LogP contribution in [0.3, 0.4) is 0 Å². The Hall–Kier alpha value is -2.48. The maximum atomic E-state index is 12.3. The molecular weight excluding hydrogens is 348 g/mol. The number of fused-ring (bicyclic) bond motifs is 2. The molecule has 0 bridgehead atoms. The van der Waals surface area contributed by atoms with Gasteiger partial charge in [0.05, 0.1) is 24.0 Å². The molecule has 1 fully saturated rings. The molecule has 5 rings (SSSR count). The van der Waals surface area contributed by atoms with Gasteiger partial charge in [-0.2, -0.15) is 16.9 Å². The Bertz CT molecular complexity index is 1020. The fourth-order valence-corrected chi connectivity index (χ4v) is 4.58. The highest BCUT2D eigenvalue weighted by molar-refractivity contribution is 7.98. The molecule has 0 aromatic carbocycles. The molecule has 7 nitrogen and oxygen atoms in total. The average molecular weight is 366 g/mol. The van der Waals surface area contributed by atoms with Crippen LogP contribution < -0.4 is 10.5 Å². The van der Waals surface area contributed by atoms with Crippen LogP contribution >= 0.6 is 11.8 Å². The predicted molar refractivity (Wildman–Crippen MR) is 101 cm³/mol. The molecule has 0 amide bonds. The summed E-state index contributed by atoms with van der Waals surface area (Å²) in [6.07, 6.45) is 6.06. The molecular formula is C18H18N6OS. The largest absolute Gasteiger partial charge is 0.355 e. The van der Waals surface area contributed by atoms with Gasteiger partial charge in [-0.15, -0.1) is 0 Å². The molecule has 1 saturated heterocycles. The molecule has 0 aliphatic carbocycles. The first-order chi connectivity index (χ1) is 12.8. The van der Waals surface area contributed by atoms with Crippen LogP contribution in [0.15, 0.2) is 35.6 Å². The molecule has 0 atom stereocenters. The highest BCUT2D eigenvalue weighted by Gasteiger charge is 2.30. The first-order valence-electron chi connectivity index (χ1n) is 8.75. The highest BCUT2D eigenvalue weighted by Crippen LogP contribution is 2.29. The van der Waals surface area contributed by atoms with Crippen LogP contribution in [0, 0.1) is 5.92 Å². The zero-order valence-electron chi connectivity index (χ0n) is 14.2. The lowest BCUT2D eigenvalue weighted by molar-refractivity contribution is 0.331. The monoisotopic (exact) mass is 366 g/mol. The fourth-order valence-electron chi connectivity index (χ4n) is 3.63. The zero-order valence-corrected chi connectivity index (χ0v) is 15.0. The lowest BCUT2D eigenvalue weighted by atomic mass is 9.99. The van der Waals surface area contributed by atoms with Crippen molar-refractivity contribution >= 4 is 28.5 Å². The second-order valence-electron chi connectivity index (χ2n) is 6.80. The third-order valence-corrected chi connectivity index (χ3v) is 6.02. The summed E-state index contributed by atoms with van der Waals surface area (Å²) < 4.78 is 1.65. The zero-order chi connectivity index (χ0) is 17.5. The van der Waals surface area contributed by atoms with E-state index in [0.29, 0.717) is 12.5 Å². The Labute approximate surface area is 154 Å². The van der Waals surface area contributed by atoms with Gasteiger partial charge in [0.25, 0.3) is 5.56 Å². The van der Waals surface area contributed by atoms with Crippen molar-refractivity contribution in [1.29, 1.82) is 0 Å². The van der Waals surface area contributed by atoms with Gasteiger partial charge in [-0.05, 0) is 17.4 Å². The van der Waals surface area contributed by atoms with Gasteiger partial charge in [0.15, 0.2) is 0 Å². The number of nitrogens with zero attached hydrogens (tertiary/aromatic N) is 6. The van der Waals surface area contributed by atoms with E-state index >= 15 is 0 Å². The summed E-state index contributed by atoms with van der Waals surface area (Å²) in [5.41, 5.74) is 3.07. The predicted octanol–water partition coefficient (Wildman–Crippen LogP) is 1.51.